The molecular formula is C30H64N+. The lowest BCUT2D eigenvalue weighted by atomic mass is 10.0. The predicted octanol–water partition coefficient (Wildman–Crippen LogP) is 10.3. The maximum absolute atomic E-state index is 2.42. The van der Waals surface area contributed by atoms with Crippen LogP contribution >= 0.6 is 0 Å². The lowest BCUT2D eigenvalue weighted by molar-refractivity contribution is -0.891. The maximum atomic E-state index is 2.42. The van der Waals surface area contributed by atoms with Gasteiger partial charge >= 0.3 is 0 Å². The molecule has 0 heterocycles. The second-order valence-electron chi connectivity index (χ2n) is 11.6. The summed E-state index contributed by atoms with van der Waals surface area (Å²) in [6.45, 7) is 9.71. The van der Waals surface area contributed by atoms with E-state index in [1.807, 2.05) is 0 Å². The smallest absolute Gasteiger partial charge is 0.0784 e. The van der Waals surface area contributed by atoms with E-state index in [0.717, 1.165) is 5.92 Å². The zero-order valence-corrected chi connectivity index (χ0v) is 23.0. The summed E-state index contributed by atoms with van der Waals surface area (Å²) in [6, 6.07) is 0. The Labute approximate surface area is 199 Å². The summed E-state index contributed by atoms with van der Waals surface area (Å²) in [5, 5.41) is 0. The van der Waals surface area contributed by atoms with Gasteiger partial charge in [-0.05, 0) is 25.2 Å². The monoisotopic (exact) mass is 439 g/mol. The van der Waals surface area contributed by atoms with Crippen molar-refractivity contribution in [2.75, 3.05) is 27.2 Å². The minimum absolute atomic E-state index is 0.845. The minimum atomic E-state index is 0.845. The summed E-state index contributed by atoms with van der Waals surface area (Å²) >= 11 is 0. The number of unbranched alkanes of at least 4 members (excludes halogenated alkanes) is 20. The average molecular weight is 439 g/mol. The summed E-state index contributed by atoms with van der Waals surface area (Å²) in [5.41, 5.74) is 0. The molecule has 0 N–H and O–H groups in total. The number of hydrogen-bond donors (Lipinski definition) is 0. The quantitative estimate of drug-likeness (QED) is 0.0981. The fourth-order valence-electron chi connectivity index (χ4n) is 4.69. The molecule has 0 spiro atoms. The second kappa shape index (κ2) is 23.1. The van der Waals surface area contributed by atoms with Gasteiger partial charge in [-0.2, -0.15) is 0 Å². The van der Waals surface area contributed by atoms with Crippen LogP contribution in [-0.4, -0.2) is 31.7 Å². The standard InChI is InChI=1S/C30H64N/c1-6-7-8-9-10-11-12-13-14-15-16-17-18-19-20-21-22-23-24-25-26-28-31(4,5)29-27-30(2)3/h30H,6-29H2,1-5H3/q+1. The van der Waals surface area contributed by atoms with Crippen molar-refractivity contribution in [3.8, 4) is 0 Å². The average Bonchev–Trinajstić information content (AvgIpc) is 2.73. The van der Waals surface area contributed by atoms with Crippen molar-refractivity contribution in [3.05, 3.63) is 0 Å². The lowest BCUT2D eigenvalue weighted by Gasteiger charge is -2.30. The Morgan fingerprint density at radius 3 is 1.00 bits per heavy atom. The van der Waals surface area contributed by atoms with Crippen molar-refractivity contribution >= 4 is 0 Å². The maximum Gasteiger partial charge on any atom is 0.0784 e. The summed E-state index contributed by atoms with van der Waals surface area (Å²) in [7, 11) is 4.83. The molecule has 0 amide bonds. The van der Waals surface area contributed by atoms with E-state index in [1.54, 1.807) is 0 Å². The molecule has 0 saturated heterocycles. The van der Waals surface area contributed by atoms with E-state index in [-0.39, 0.29) is 0 Å². The highest BCUT2D eigenvalue weighted by atomic mass is 15.3. The van der Waals surface area contributed by atoms with Crippen LogP contribution in [0.2, 0.25) is 0 Å². The SMILES string of the molecule is CCCCCCCCCCCCCCCCCCCCCCC[N+](C)(C)CCC(C)C. The number of hydrogen-bond acceptors (Lipinski definition) is 0. The van der Waals surface area contributed by atoms with E-state index in [2.05, 4.69) is 34.9 Å². The Bertz CT molecular complexity index is 333. The summed E-state index contributed by atoms with van der Waals surface area (Å²) in [4.78, 5) is 0. The van der Waals surface area contributed by atoms with E-state index < -0.39 is 0 Å². The third kappa shape index (κ3) is 26.1. The highest BCUT2D eigenvalue weighted by Crippen LogP contribution is 2.15. The van der Waals surface area contributed by atoms with Crippen LogP contribution < -0.4 is 0 Å². The van der Waals surface area contributed by atoms with Gasteiger partial charge in [-0.3, -0.25) is 0 Å². The van der Waals surface area contributed by atoms with E-state index >= 15 is 0 Å². The van der Waals surface area contributed by atoms with Crippen LogP contribution in [0.3, 0.4) is 0 Å². The predicted molar refractivity (Wildman–Crippen MR) is 144 cm³/mol. The van der Waals surface area contributed by atoms with Gasteiger partial charge in [0.2, 0.25) is 0 Å². The van der Waals surface area contributed by atoms with Gasteiger partial charge in [0.15, 0.2) is 0 Å². The Kier molecular flexibility index (Phi) is 23.1. The molecule has 1 nitrogen and oxygen atoms in total. The Morgan fingerprint density at radius 2 is 0.710 bits per heavy atom. The van der Waals surface area contributed by atoms with Crippen LogP contribution in [0.15, 0.2) is 0 Å². The molecule has 0 rings (SSSR count). The third-order valence-corrected chi connectivity index (χ3v) is 7.18. The number of quaternary nitrogens is 1. The van der Waals surface area contributed by atoms with Gasteiger partial charge in [0, 0.05) is 0 Å². The minimum Gasteiger partial charge on any atom is -0.328 e. The molecule has 188 valence electrons. The van der Waals surface area contributed by atoms with Gasteiger partial charge in [-0.1, -0.05) is 143 Å². The number of rotatable bonds is 25. The third-order valence-electron chi connectivity index (χ3n) is 7.18. The van der Waals surface area contributed by atoms with Crippen LogP contribution in [0.1, 0.15) is 162 Å². The highest BCUT2D eigenvalue weighted by Gasteiger charge is 2.14. The molecular weight excluding hydrogens is 374 g/mol. The first kappa shape index (κ1) is 31.0. The van der Waals surface area contributed by atoms with Gasteiger partial charge in [-0.15, -0.1) is 0 Å². The van der Waals surface area contributed by atoms with Crippen LogP contribution in [-0.2, 0) is 0 Å². The zero-order chi connectivity index (χ0) is 23.0. The van der Waals surface area contributed by atoms with E-state index in [4.69, 9.17) is 0 Å². The van der Waals surface area contributed by atoms with Crippen LogP contribution in [0.5, 0.6) is 0 Å². The van der Waals surface area contributed by atoms with Crippen molar-refractivity contribution in [2.24, 2.45) is 5.92 Å². The largest absolute Gasteiger partial charge is 0.328 e. The molecule has 0 aromatic heterocycles. The first-order valence-electron chi connectivity index (χ1n) is 14.8. The van der Waals surface area contributed by atoms with Crippen molar-refractivity contribution in [3.63, 3.8) is 0 Å². The summed E-state index contributed by atoms with van der Waals surface area (Å²) < 4.78 is 1.22. The Hall–Kier alpha value is -0.0400. The first-order chi connectivity index (χ1) is 15.0. The molecule has 0 aliphatic carbocycles. The van der Waals surface area contributed by atoms with Gasteiger partial charge in [-0.25, -0.2) is 0 Å². The fourth-order valence-corrected chi connectivity index (χ4v) is 4.69. The van der Waals surface area contributed by atoms with Crippen LogP contribution in [0, 0.1) is 5.92 Å². The Morgan fingerprint density at radius 1 is 0.419 bits per heavy atom. The molecule has 0 aromatic rings. The second-order valence-corrected chi connectivity index (χ2v) is 11.6. The molecule has 0 unspecified atom stereocenters. The van der Waals surface area contributed by atoms with Gasteiger partial charge in [0.1, 0.15) is 0 Å². The molecule has 31 heavy (non-hydrogen) atoms. The molecule has 0 aliphatic heterocycles. The normalized spacial score (nSPS) is 12.2. The van der Waals surface area contributed by atoms with Gasteiger partial charge < -0.3 is 4.48 Å². The highest BCUT2D eigenvalue weighted by molar-refractivity contribution is 4.51. The van der Waals surface area contributed by atoms with Crippen molar-refractivity contribution in [1.82, 2.24) is 0 Å². The first-order valence-corrected chi connectivity index (χ1v) is 14.8. The lowest BCUT2D eigenvalue weighted by Crippen LogP contribution is -2.41. The molecule has 0 aromatic carbocycles. The van der Waals surface area contributed by atoms with Gasteiger partial charge in [0.25, 0.3) is 0 Å². The molecule has 0 radical (unpaired) electrons. The van der Waals surface area contributed by atoms with E-state index in [1.165, 1.54) is 159 Å². The Balaban J connectivity index is 3.15. The summed E-state index contributed by atoms with van der Waals surface area (Å²) in [6.07, 6.45) is 32.2. The van der Waals surface area contributed by atoms with Crippen molar-refractivity contribution < 1.29 is 4.48 Å². The molecule has 1 heteroatoms. The van der Waals surface area contributed by atoms with Gasteiger partial charge in [0.05, 0.1) is 27.2 Å². The van der Waals surface area contributed by atoms with Crippen molar-refractivity contribution in [2.45, 2.75) is 162 Å². The van der Waals surface area contributed by atoms with Crippen molar-refractivity contribution in [1.29, 1.82) is 0 Å². The molecule has 0 bridgehead atoms. The van der Waals surface area contributed by atoms with E-state index in [9.17, 15) is 0 Å². The summed E-state index contributed by atoms with van der Waals surface area (Å²) in [5.74, 6) is 0.845. The van der Waals surface area contributed by atoms with Crippen LogP contribution in [0.4, 0.5) is 0 Å². The molecule has 0 fully saturated rings. The molecule has 0 saturated carbocycles. The molecule has 0 atom stereocenters. The molecule has 0 aliphatic rings. The fraction of sp³-hybridized carbons (Fsp3) is 1.00. The number of nitrogens with zero attached hydrogens (tertiary/aromatic N) is 1. The topological polar surface area (TPSA) is 0 Å². The van der Waals surface area contributed by atoms with Crippen LogP contribution in [0.25, 0.3) is 0 Å². The zero-order valence-electron chi connectivity index (χ0n) is 23.0. The van der Waals surface area contributed by atoms with E-state index in [0.29, 0.717) is 0 Å².